The Kier molecular flexibility index (Phi) is 7.40. The summed E-state index contributed by atoms with van der Waals surface area (Å²) in [6, 6.07) is 14.4. The molecule has 7 rings (SSSR count). The molecule has 1 N–H and O–H groups in total. The van der Waals surface area contributed by atoms with Crippen LogP contribution in [0.25, 0.3) is 11.1 Å². The van der Waals surface area contributed by atoms with Gasteiger partial charge in [0.1, 0.15) is 17.7 Å². The number of rotatable bonds is 9. The molecular weight excluding hydrogens is 543 g/mol. The van der Waals surface area contributed by atoms with Crippen LogP contribution in [0.3, 0.4) is 0 Å². The second-order valence-corrected chi connectivity index (χ2v) is 13.4. The Balaban J connectivity index is 1.20. The maximum atomic E-state index is 15.2. The number of aryl methyl sites for hydroxylation is 1. The number of halogens is 1. The van der Waals surface area contributed by atoms with Crippen LogP contribution in [0.4, 0.5) is 4.39 Å². The average Bonchev–Trinajstić information content (AvgIpc) is 3.96. The first-order valence-electron chi connectivity index (χ1n) is 15.9. The molecule has 0 amide bonds. The quantitative estimate of drug-likeness (QED) is 0.280. The smallest absolute Gasteiger partial charge is 0.306 e. The number of hydrogen-bond acceptors (Lipinski definition) is 5. The predicted molar refractivity (Wildman–Crippen MR) is 163 cm³/mol. The number of aliphatic carboxylic acids is 1. The molecule has 7 heteroatoms. The Morgan fingerprint density at radius 1 is 1.14 bits per heavy atom. The lowest BCUT2D eigenvalue weighted by Crippen LogP contribution is -2.36. The van der Waals surface area contributed by atoms with Gasteiger partial charge >= 0.3 is 5.97 Å². The number of likely N-dealkylation sites (tertiary alicyclic amines) is 1. The lowest BCUT2D eigenvalue weighted by molar-refractivity contribution is -0.142. The van der Waals surface area contributed by atoms with Crippen molar-refractivity contribution in [3.63, 3.8) is 0 Å². The summed E-state index contributed by atoms with van der Waals surface area (Å²) in [5.41, 5.74) is 6.28. The highest BCUT2D eigenvalue weighted by Crippen LogP contribution is 2.52. The molecule has 2 aliphatic heterocycles. The molecule has 3 fully saturated rings. The van der Waals surface area contributed by atoms with Crippen molar-refractivity contribution in [2.75, 3.05) is 20.2 Å². The SMILES string of the molecule is COc1cc(-c2ccc([C@@H]3CCc4ccc(C(C5CC5)[C@H](C)C(=O)O)cc4O3)cc2CN2CCCC3(CC3)C2)c(F)cn1. The van der Waals surface area contributed by atoms with Crippen LogP contribution in [0.5, 0.6) is 11.6 Å². The molecule has 1 aromatic heterocycles. The van der Waals surface area contributed by atoms with Crippen molar-refractivity contribution in [1.82, 2.24) is 9.88 Å². The van der Waals surface area contributed by atoms with Gasteiger partial charge < -0.3 is 14.6 Å². The van der Waals surface area contributed by atoms with E-state index >= 15 is 4.39 Å². The maximum absolute atomic E-state index is 15.2. The highest BCUT2D eigenvalue weighted by Gasteiger charge is 2.45. The molecule has 226 valence electrons. The normalized spacial score (nSPS) is 22.3. The first-order valence-corrected chi connectivity index (χ1v) is 15.9. The number of fused-ring (bicyclic) bond motifs is 1. The molecule has 3 aromatic rings. The number of ether oxygens (including phenoxy) is 2. The first kappa shape index (κ1) is 28.3. The van der Waals surface area contributed by atoms with Gasteiger partial charge in [-0.05, 0) is 109 Å². The second-order valence-electron chi connectivity index (χ2n) is 13.4. The van der Waals surface area contributed by atoms with Crippen LogP contribution in [0.15, 0.2) is 48.7 Å². The third kappa shape index (κ3) is 5.76. The number of nitrogens with zero attached hydrogens (tertiary/aromatic N) is 2. The zero-order valence-corrected chi connectivity index (χ0v) is 25.2. The van der Waals surface area contributed by atoms with E-state index in [1.807, 2.05) is 13.0 Å². The third-order valence-electron chi connectivity index (χ3n) is 10.4. The van der Waals surface area contributed by atoms with Crippen molar-refractivity contribution in [2.24, 2.45) is 17.3 Å². The number of hydrogen-bond donors (Lipinski definition) is 1. The number of aromatic nitrogens is 1. The van der Waals surface area contributed by atoms with Crippen LogP contribution in [0.1, 0.15) is 86.1 Å². The van der Waals surface area contributed by atoms with E-state index in [1.54, 1.807) is 13.2 Å². The number of pyridine rings is 1. The van der Waals surface area contributed by atoms with Crippen LogP contribution in [-0.2, 0) is 17.8 Å². The Labute approximate surface area is 253 Å². The van der Waals surface area contributed by atoms with E-state index < -0.39 is 11.9 Å². The van der Waals surface area contributed by atoms with Crippen LogP contribution < -0.4 is 9.47 Å². The van der Waals surface area contributed by atoms with Crippen LogP contribution in [0, 0.1) is 23.1 Å². The summed E-state index contributed by atoms with van der Waals surface area (Å²) < 4.78 is 27.2. The number of benzene rings is 2. The van der Waals surface area contributed by atoms with Crippen LogP contribution in [-0.4, -0.2) is 41.2 Å². The standard InChI is InChI=1S/C36H41FN2O4/c1-22(35(40)41)34(24-5-6-24)26-7-4-23-9-11-31(43-32(23)17-26)25-8-10-28(29-18-33(42-2)38-19-30(29)37)27(16-25)20-39-15-3-12-36(21-39)13-14-36/h4,7-8,10,16-19,22,24,31,34H,3,5-6,9,11-15,20-21H2,1-2H3,(H,40,41)/t22-,31-,34?/m0/s1. The monoisotopic (exact) mass is 584 g/mol. The average molecular weight is 585 g/mol. The van der Waals surface area contributed by atoms with E-state index in [0.717, 1.165) is 73.3 Å². The van der Waals surface area contributed by atoms with Crippen molar-refractivity contribution in [1.29, 1.82) is 0 Å². The zero-order valence-electron chi connectivity index (χ0n) is 25.2. The number of carbonyl (C=O) groups is 1. The number of methoxy groups -OCH3 is 1. The summed E-state index contributed by atoms with van der Waals surface area (Å²) in [5, 5.41) is 9.78. The molecule has 2 saturated carbocycles. The largest absolute Gasteiger partial charge is 0.485 e. The summed E-state index contributed by atoms with van der Waals surface area (Å²) in [4.78, 5) is 18.5. The van der Waals surface area contributed by atoms with Crippen molar-refractivity contribution >= 4 is 5.97 Å². The van der Waals surface area contributed by atoms with Crippen molar-refractivity contribution < 1.29 is 23.8 Å². The number of carboxylic acid groups (broad SMARTS) is 1. The zero-order chi connectivity index (χ0) is 29.7. The maximum Gasteiger partial charge on any atom is 0.306 e. The van der Waals surface area contributed by atoms with Crippen LogP contribution in [0.2, 0.25) is 0 Å². The Morgan fingerprint density at radius 3 is 2.72 bits per heavy atom. The second kappa shape index (κ2) is 11.2. The highest BCUT2D eigenvalue weighted by molar-refractivity contribution is 5.71. The van der Waals surface area contributed by atoms with Gasteiger partial charge in [-0.2, -0.15) is 0 Å². The lowest BCUT2D eigenvalue weighted by atomic mass is 9.82. The molecule has 1 spiro atoms. The predicted octanol–water partition coefficient (Wildman–Crippen LogP) is 7.55. The minimum atomic E-state index is -0.745. The van der Waals surface area contributed by atoms with E-state index in [2.05, 4.69) is 40.2 Å². The van der Waals surface area contributed by atoms with E-state index in [1.165, 1.54) is 37.4 Å². The van der Waals surface area contributed by atoms with Gasteiger partial charge in [-0.25, -0.2) is 9.37 Å². The molecule has 2 aliphatic carbocycles. The summed E-state index contributed by atoms with van der Waals surface area (Å²) in [7, 11) is 1.55. The fourth-order valence-corrected chi connectivity index (χ4v) is 7.62. The van der Waals surface area contributed by atoms with Crippen molar-refractivity contribution in [3.05, 3.63) is 76.7 Å². The lowest BCUT2D eigenvalue weighted by Gasteiger charge is -2.34. The fourth-order valence-electron chi connectivity index (χ4n) is 7.62. The van der Waals surface area contributed by atoms with Gasteiger partial charge in [0.05, 0.1) is 19.2 Å². The summed E-state index contributed by atoms with van der Waals surface area (Å²) in [5.74, 6) is 0.149. The van der Waals surface area contributed by atoms with Crippen molar-refractivity contribution in [3.8, 4) is 22.8 Å². The number of carboxylic acids is 1. The first-order chi connectivity index (χ1) is 20.8. The van der Waals surface area contributed by atoms with Gasteiger partial charge in [-0.15, -0.1) is 0 Å². The Morgan fingerprint density at radius 2 is 1.98 bits per heavy atom. The van der Waals surface area contributed by atoms with Gasteiger partial charge in [0, 0.05) is 24.7 Å². The summed E-state index contributed by atoms with van der Waals surface area (Å²) in [6.45, 7) is 4.75. The molecule has 4 aliphatic rings. The number of piperidine rings is 1. The summed E-state index contributed by atoms with van der Waals surface area (Å²) >= 11 is 0. The Bertz CT molecular complexity index is 1530. The van der Waals surface area contributed by atoms with Gasteiger partial charge in [-0.3, -0.25) is 9.69 Å². The molecule has 0 radical (unpaired) electrons. The fraction of sp³-hybridized carbons (Fsp3) is 0.500. The van der Waals surface area contributed by atoms with Crippen molar-refractivity contribution in [2.45, 2.75) is 76.9 Å². The highest BCUT2D eigenvalue weighted by atomic mass is 19.1. The van der Waals surface area contributed by atoms with E-state index in [9.17, 15) is 9.90 Å². The van der Waals surface area contributed by atoms with E-state index in [4.69, 9.17) is 9.47 Å². The van der Waals surface area contributed by atoms with Gasteiger partial charge in [0.25, 0.3) is 0 Å². The van der Waals surface area contributed by atoms with Crippen LogP contribution >= 0.6 is 0 Å². The molecule has 1 saturated heterocycles. The van der Waals surface area contributed by atoms with E-state index in [-0.39, 0.29) is 17.8 Å². The topological polar surface area (TPSA) is 71.9 Å². The Hall–Kier alpha value is -3.45. The molecule has 6 nitrogen and oxygen atoms in total. The van der Waals surface area contributed by atoms with E-state index in [0.29, 0.717) is 22.8 Å². The summed E-state index contributed by atoms with van der Waals surface area (Å²) in [6.07, 6.45) is 10.2. The molecule has 0 bridgehead atoms. The molecular formula is C36H41FN2O4. The van der Waals surface area contributed by atoms with Gasteiger partial charge in [0.2, 0.25) is 5.88 Å². The molecule has 3 heterocycles. The molecule has 3 atom stereocenters. The molecule has 2 aromatic carbocycles. The van der Waals surface area contributed by atoms with Gasteiger partial charge in [0.15, 0.2) is 0 Å². The molecule has 1 unspecified atom stereocenters. The van der Waals surface area contributed by atoms with Gasteiger partial charge in [-0.1, -0.05) is 37.3 Å². The minimum Gasteiger partial charge on any atom is -0.485 e. The third-order valence-corrected chi connectivity index (χ3v) is 10.4. The minimum absolute atomic E-state index is 0.00390. The molecule has 43 heavy (non-hydrogen) atoms.